The van der Waals surface area contributed by atoms with Crippen molar-refractivity contribution in [1.82, 2.24) is 5.32 Å². The second-order valence-corrected chi connectivity index (χ2v) is 2.61. The number of hydrogen-bond donors (Lipinski definition) is 3. The molecule has 66 valence electrons. The summed E-state index contributed by atoms with van der Waals surface area (Å²) in [7, 11) is 0. The Kier molecular flexibility index (Phi) is 4.81. The van der Waals surface area contributed by atoms with Gasteiger partial charge in [-0.3, -0.25) is 4.79 Å². The van der Waals surface area contributed by atoms with Gasteiger partial charge < -0.3 is 16.2 Å². The molecule has 0 aromatic rings. The SMILES string of the molecule is CC[C@H](N)C(=O)NC(C)CO. The summed E-state index contributed by atoms with van der Waals surface area (Å²) in [4.78, 5) is 11.0. The van der Waals surface area contributed by atoms with Crippen LogP contribution in [0.2, 0.25) is 0 Å². The minimum atomic E-state index is -0.455. The number of nitrogens with one attached hydrogen (secondary N) is 1. The Morgan fingerprint density at radius 2 is 2.27 bits per heavy atom. The molecule has 1 unspecified atom stereocenters. The summed E-state index contributed by atoms with van der Waals surface area (Å²) in [6.07, 6.45) is 0.615. The zero-order valence-electron chi connectivity index (χ0n) is 7.00. The summed E-state index contributed by atoms with van der Waals surface area (Å²) in [6.45, 7) is 3.51. The van der Waals surface area contributed by atoms with Crippen LogP contribution in [-0.4, -0.2) is 29.7 Å². The van der Waals surface area contributed by atoms with Crippen LogP contribution in [0.25, 0.3) is 0 Å². The third-order valence-electron chi connectivity index (χ3n) is 1.44. The summed E-state index contributed by atoms with van der Waals surface area (Å²) in [5.41, 5.74) is 5.43. The molecule has 0 fully saturated rings. The fourth-order valence-electron chi connectivity index (χ4n) is 0.581. The van der Waals surface area contributed by atoms with Crippen LogP contribution in [0.5, 0.6) is 0 Å². The van der Waals surface area contributed by atoms with Crippen LogP contribution in [0.3, 0.4) is 0 Å². The number of hydrogen-bond acceptors (Lipinski definition) is 3. The molecule has 0 rings (SSSR count). The lowest BCUT2D eigenvalue weighted by atomic mass is 10.2. The molecule has 4 heteroatoms. The van der Waals surface area contributed by atoms with E-state index in [1.807, 2.05) is 6.92 Å². The number of aliphatic hydroxyl groups excluding tert-OH is 1. The van der Waals surface area contributed by atoms with Gasteiger partial charge in [0.25, 0.3) is 0 Å². The predicted molar refractivity (Wildman–Crippen MR) is 43.0 cm³/mol. The van der Waals surface area contributed by atoms with E-state index in [-0.39, 0.29) is 18.6 Å². The van der Waals surface area contributed by atoms with Gasteiger partial charge in [0.15, 0.2) is 0 Å². The predicted octanol–water partition coefficient (Wildman–Crippen LogP) is -0.779. The lowest BCUT2D eigenvalue weighted by Gasteiger charge is -2.13. The molecule has 2 atom stereocenters. The smallest absolute Gasteiger partial charge is 0.237 e. The molecule has 4 N–H and O–H groups in total. The number of rotatable bonds is 4. The molecule has 0 heterocycles. The maximum absolute atomic E-state index is 11.0. The molecule has 0 aromatic carbocycles. The normalized spacial score (nSPS) is 15.6. The van der Waals surface area contributed by atoms with Gasteiger partial charge >= 0.3 is 0 Å². The van der Waals surface area contributed by atoms with Crippen LogP contribution < -0.4 is 11.1 Å². The van der Waals surface area contributed by atoms with E-state index in [0.29, 0.717) is 6.42 Å². The topological polar surface area (TPSA) is 75.4 Å². The standard InChI is InChI=1S/C7H16N2O2/c1-3-6(8)7(11)9-5(2)4-10/h5-6,10H,3-4,8H2,1-2H3,(H,9,11)/t5?,6-/m0/s1. The molecule has 0 spiro atoms. The van der Waals surface area contributed by atoms with Crippen LogP contribution in [-0.2, 0) is 4.79 Å². The molecule has 1 amide bonds. The van der Waals surface area contributed by atoms with Gasteiger partial charge in [0.2, 0.25) is 5.91 Å². The van der Waals surface area contributed by atoms with Crippen molar-refractivity contribution in [3.05, 3.63) is 0 Å². The molecule has 0 aliphatic heterocycles. The second kappa shape index (κ2) is 5.09. The minimum absolute atomic E-state index is 0.0534. The van der Waals surface area contributed by atoms with Crippen LogP contribution in [0, 0.1) is 0 Å². The van der Waals surface area contributed by atoms with E-state index in [0.717, 1.165) is 0 Å². The molecule has 0 saturated heterocycles. The fraction of sp³-hybridized carbons (Fsp3) is 0.857. The van der Waals surface area contributed by atoms with Crippen molar-refractivity contribution < 1.29 is 9.90 Å². The van der Waals surface area contributed by atoms with E-state index in [9.17, 15) is 4.79 Å². The zero-order valence-corrected chi connectivity index (χ0v) is 7.00. The Morgan fingerprint density at radius 3 is 2.64 bits per heavy atom. The molecule has 0 saturated carbocycles. The average molecular weight is 160 g/mol. The molecule has 0 bridgehead atoms. The third-order valence-corrected chi connectivity index (χ3v) is 1.44. The highest BCUT2D eigenvalue weighted by Crippen LogP contribution is 1.87. The summed E-state index contributed by atoms with van der Waals surface area (Å²) < 4.78 is 0. The summed E-state index contributed by atoms with van der Waals surface area (Å²) in [5.74, 6) is -0.200. The van der Waals surface area contributed by atoms with Gasteiger partial charge in [-0.05, 0) is 13.3 Å². The summed E-state index contributed by atoms with van der Waals surface area (Å²) >= 11 is 0. The Bertz CT molecular complexity index is 128. The highest BCUT2D eigenvalue weighted by atomic mass is 16.3. The van der Waals surface area contributed by atoms with E-state index in [2.05, 4.69) is 5.32 Å². The lowest BCUT2D eigenvalue weighted by Crippen LogP contribution is -2.45. The van der Waals surface area contributed by atoms with E-state index in [1.54, 1.807) is 6.92 Å². The van der Waals surface area contributed by atoms with E-state index in [1.165, 1.54) is 0 Å². The number of carbonyl (C=O) groups is 1. The van der Waals surface area contributed by atoms with Crippen LogP contribution in [0.4, 0.5) is 0 Å². The first-order valence-electron chi connectivity index (χ1n) is 3.78. The highest BCUT2D eigenvalue weighted by molar-refractivity contribution is 5.81. The molecular weight excluding hydrogens is 144 g/mol. The first-order valence-corrected chi connectivity index (χ1v) is 3.78. The first-order chi connectivity index (χ1) is 5.11. The van der Waals surface area contributed by atoms with Gasteiger partial charge in [-0.1, -0.05) is 6.92 Å². The number of nitrogens with two attached hydrogens (primary N) is 1. The third kappa shape index (κ3) is 3.95. The molecule has 4 nitrogen and oxygen atoms in total. The van der Waals surface area contributed by atoms with Crippen LogP contribution in [0.1, 0.15) is 20.3 Å². The fourth-order valence-corrected chi connectivity index (χ4v) is 0.581. The second-order valence-electron chi connectivity index (χ2n) is 2.61. The van der Waals surface area contributed by atoms with E-state index < -0.39 is 6.04 Å². The summed E-state index contributed by atoms with van der Waals surface area (Å²) in [5, 5.41) is 11.1. The van der Waals surface area contributed by atoms with Gasteiger partial charge in [-0.15, -0.1) is 0 Å². The molecular formula is C7H16N2O2. The van der Waals surface area contributed by atoms with Crippen molar-refractivity contribution in [3.8, 4) is 0 Å². The van der Waals surface area contributed by atoms with Crippen molar-refractivity contribution >= 4 is 5.91 Å². The molecule has 0 aliphatic rings. The molecule has 11 heavy (non-hydrogen) atoms. The maximum Gasteiger partial charge on any atom is 0.237 e. The minimum Gasteiger partial charge on any atom is -0.394 e. The Morgan fingerprint density at radius 1 is 1.73 bits per heavy atom. The van der Waals surface area contributed by atoms with Crippen molar-refractivity contribution in [2.75, 3.05) is 6.61 Å². The van der Waals surface area contributed by atoms with Crippen LogP contribution >= 0.6 is 0 Å². The zero-order chi connectivity index (χ0) is 8.85. The van der Waals surface area contributed by atoms with Crippen molar-refractivity contribution in [2.24, 2.45) is 5.73 Å². The van der Waals surface area contributed by atoms with Gasteiger partial charge in [0.05, 0.1) is 12.6 Å². The Labute approximate surface area is 66.8 Å². The maximum atomic E-state index is 11.0. The lowest BCUT2D eigenvalue weighted by molar-refractivity contribution is -0.123. The van der Waals surface area contributed by atoms with E-state index in [4.69, 9.17) is 10.8 Å². The molecule has 0 aliphatic carbocycles. The Balaban J connectivity index is 3.68. The largest absolute Gasteiger partial charge is 0.394 e. The van der Waals surface area contributed by atoms with Gasteiger partial charge in [-0.2, -0.15) is 0 Å². The monoisotopic (exact) mass is 160 g/mol. The van der Waals surface area contributed by atoms with Gasteiger partial charge in [-0.25, -0.2) is 0 Å². The summed E-state index contributed by atoms with van der Waals surface area (Å²) in [6, 6.07) is -0.663. The van der Waals surface area contributed by atoms with Crippen molar-refractivity contribution in [1.29, 1.82) is 0 Å². The highest BCUT2D eigenvalue weighted by Gasteiger charge is 2.12. The van der Waals surface area contributed by atoms with Crippen LogP contribution in [0.15, 0.2) is 0 Å². The number of carbonyl (C=O) groups excluding carboxylic acids is 1. The van der Waals surface area contributed by atoms with Crippen molar-refractivity contribution in [2.45, 2.75) is 32.4 Å². The van der Waals surface area contributed by atoms with E-state index >= 15 is 0 Å². The Hall–Kier alpha value is -0.610. The number of amides is 1. The molecule has 0 aromatic heterocycles. The quantitative estimate of drug-likeness (QED) is 0.505. The molecule has 0 radical (unpaired) electrons. The van der Waals surface area contributed by atoms with Crippen molar-refractivity contribution in [3.63, 3.8) is 0 Å². The van der Waals surface area contributed by atoms with Gasteiger partial charge in [0.1, 0.15) is 0 Å². The first kappa shape index (κ1) is 10.4. The van der Waals surface area contributed by atoms with Gasteiger partial charge in [0, 0.05) is 6.04 Å². The number of aliphatic hydroxyl groups is 1. The average Bonchev–Trinajstić information content (AvgIpc) is 2.02.